The van der Waals surface area contributed by atoms with Gasteiger partial charge < -0.3 is 15.3 Å². The van der Waals surface area contributed by atoms with Gasteiger partial charge in [-0.05, 0) is 53.0 Å². The molecule has 10 heteroatoms. The molecule has 0 bridgehead atoms. The second-order valence-corrected chi connectivity index (χ2v) is 9.21. The van der Waals surface area contributed by atoms with Crippen molar-refractivity contribution < 1.29 is 13.5 Å². The summed E-state index contributed by atoms with van der Waals surface area (Å²) >= 11 is 3.50. The van der Waals surface area contributed by atoms with Crippen molar-refractivity contribution in [2.45, 2.75) is 17.7 Å². The summed E-state index contributed by atoms with van der Waals surface area (Å²) in [7, 11) is -2.21. The number of fused-ring (bicyclic) bond motifs is 1. The number of halogens is 1. The summed E-state index contributed by atoms with van der Waals surface area (Å²) in [4.78, 5) is 7.28. The maximum atomic E-state index is 11.6. The van der Waals surface area contributed by atoms with E-state index in [1.54, 1.807) is 35.0 Å². The summed E-state index contributed by atoms with van der Waals surface area (Å²) in [6.07, 6.45) is 5.26. The number of sulfone groups is 1. The Morgan fingerprint density at radius 1 is 1.14 bits per heavy atom. The lowest BCUT2D eigenvalue weighted by Gasteiger charge is -2.18. The van der Waals surface area contributed by atoms with Gasteiger partial charge in [0.15, 0.2) is 15.5 Å². The average Bonchev–Trinajstić information content (AvgIpc) is 3.34. The molecule has 0 radical (unpaired) electrons. The Balaban J connectivity index is 0.00000109. The summed E-state index contributed by atoms with van der Waals surface area (Å²) in [5.74, 6) is 1.68. The highest BCUT2D eigenvalue weighted by atomic mass is 79.9. The van der Waals surface area contributed by atoms with Crippen LogP contribution in [0.5, 0.6) is 0 Å². The minimum atomic E-state index is -3.21. The fourth-order valence-electron chi connectivity index (χ4n) is 3.05. The lowest BCUT2D eigenvalue weighted by atomic mass is 10.3. The van der Waals surface area contributed by atoms with Crippen molar-refractivity contribution >= 4 is 48.7 Å². The molecular formula is C18H22BrN5O3S. The van der Waals surface area contributed by atoms with E-state index in [4.69, 9.17) is 10.1 Å². The Morgan fingerprint density at radius 2 is 1.79 bits per heavy atom. The zero-order valence-electron chi connectivity index (χ0n) is 15.6. The molecule has 150 valence electrons. The first-order chi connectivity index (χ1) is 13.4. The Labute approximate surface area is 172 Å². The first kappa shape index (κ1) is 20.6. The fourth-order valence-corrected chi connectivity index (χ4v) is 4.03. The van der Waals surface area contributed by atoms with Gasteiger partial charge in [0.05, 0.1) is 15.6 Å². The third-order valence-corrected chi connectivity index (χ3v) is 6.09. The molecule has 3 heterocycles. The van der Waals surface area contributed by atoms with Gasteiger partial charge in [0.2, 0.25) is 0 Å². The van der Waals surface area contributed by atoms with Crippen LogP contribution in [0, 0.1) is 0 Å². The first-order valence-corrected chi connectivity index (χ1v) is 11.4. The highest BCUT2D eigenvalue weighted by Crippen LogP contribution is 2.28. The number of rotatable bonds is 4. The van der Waals surface area contributed by atoms with Crippen molar-refractivity contribution in [1.29, 1.82) is 0 Å². The van der Waals surface area contributed by atoms with E-state index in [9.17, 15) is 8.42 Å². The Morgan fingerprint density at radius 3 is 2.39 bits per heavy atom. The van der Waals surface area contributed by atoms with Crippen molar-refractivity contribution in [3.63, 3.8) is 0 Å². The summed E-state index contributed by atoms with van der Waals surface area (Å²) in [6, 6.07) is 8.66. The van der Waals surface area contributed by atoms with Crippen LogP contribution in [0.25, 0.3) is 5.65 Å². The minimum Gasteiger partial charge on any atom is -0.400 e. The van der Waals surface area contributed by atoms with Crippen molar-refractivity contribution in [2.24, 2.45) is 0 Å². The lowest BCUT2D eigenvalue weighted by molar-refractivity contribution is 0.399. The van der Waals surface area contributed by atoms with E-state index in [1.807, 2.05) is 6.07 Å². The van der Waals surface area contributed by atoms with Crippen LogP contribution in [0.1, 0.15) is 12.8 Å². The standard InChI is InChI=1S/C17H18BrN5O2S.CH4O/c1-26(24,25)13-6-4-12(5-7-13)20-16-10-15(22-8-2-3-9-22)21-17-14(18)11-19-23(16)17;1-2/h4-7,10-11,20H,2-3,8-9H2,1H3;2H,1H3. The molecule has 1 fully saturated rings. The number of nitrogens with zero attached hydrogens (tertiary/aromatic N) is 4. The maximum absolute atomic E-state index is 11.6. The molecule has 2 N–H and O–H groups in total. The molecule has 1 aliphatic heterocycles. The summed E-state index contributed by atoms with van der Waals surface area (Å²) in [5.41, 5.74) is 1.52. The number of aromatic nitrogens is 3. The Hall–Kier alpha value is -2.17. The van der Waals surface area contributed by atoms with Gasteiger partial charge in [0, 0.05) is 38.2 Å². The van der Waals surface area contributed by atoms with Gasteiger partial charge >= 0.3 is 0 Å². The van der Waals surface area contributed by atoms with Gasteiger partial charge in [-0.3, -0.25) is 0 Å². The normalized spacial score (nSPS) is 14.1. The molecule has 0 unspecified atom stereocenters. The van der Waals surface area contributed by atoms with E-state index in [-0.39, 0.29) is 0 Å². The van der Waals surface area contributed by atoms with Crippen molar-refractivity contribution in [2.75, 3.05) is 36.7 Å². The molecule has 0 amide bonds. The minimum absolute atomic E-state index is 0.294. The number of aliphatic hydroxyl groups excluding tert-OH is 1. The van der Waals surface area contributed by atoms with Crippen LogP contribution in [0.3, 0.4) is 0 Å². The quantitative estimate of drug-likeness (QED) is 0.608. The van der Waals surface area contributed by atoms with Crippen LogP contribution in [0.4, 0.5) is 17.3 Å². The molecule has 1 saturated heterocycles. The second-order valence-electron chi connectivity index (χ2n) is 6.34. The predicted molar refractivity (Wildman–Crippen MR) is 113 cm³/mol. The molecule has 2 aromatic heterocycles. The summed E-state index contributed by atoms with van der Waals surface area (Å²) in [6.45, 7) is 1.99. The molecule has 3 aromatic rings. The summed E-state index contributed by atoms with van der Waals surface area (Å²) in [5, 5.41) is 14.7. The third-order valence-electron chi connectivity index (χ3n) is 4.40. The predicted octanol–water partition coefficient (Wildman–Crippen LogP) is 2.85. The zero-order chi connectivity index (χ0) is 20.3. The van der Waals surface area contributed by atoms with Gasteiger partial charge in [0.25, 0.3) is 0 Å². The number of nitrogens with one attached hydrogen (secondary N) is 1. The van der Waals surface area contributed by atoms with E-state index in [0.717, 1.165) is 47.6 Å². The number of hydrogen-bond acceptors (Lipinski definition) is 7. The number of aliphatic hydroxyl groups is 1. The SMILES string of the molecule is CO.CS(=O)(=O)c1ccc(Nc2cc(N3CCCC3)nc3c(Br)cnn23)cc1. The van der Waals surface area contributed by atoms with Gasteiger partial charge in [-0.2, -0.15) is 9.61 Å². The largest absolute Gasteiger partial charge is 0.400 e. The van der Waals surface area contributed by atoms with Crippen LogP contribution in [0.15, 0.2) is 45.9 Å². The fraction of sp³-hybridized carbons (Fsp3) is 0.333. The van der Waals surface area contributed by atoms with Crippen molar-refractivity contribution in [1.82, 2.24) is 14.6 Å². The molecule has 0 aliphatic carbocycles. The molecule has 28 heavy (non-hydrogen) atoms. The highest BCUT2D eigenvalue weighted by Gasteiger charge is 2.18. The van der Waals surface area contributed by atoms with E-state index in [0.29, 0.717) is 4.90 Å². The van der Waals surface area contributed by atoms with Crippen LogP contribution < -0.4 is 10.2 Å². The second kappa shape index (κ2) is 8.46. The van der Waals surface area contributed by atoms with Crippen LogP contribution in [-0.4, -0.2) is 54.6 Å². The zero-order valence-corrected chi connectivity index (χ0v) is 18.0. The van der Waals surface area contributed by atoms with E-state index < -0.39 is 9.84 Å². The average molecular weight is 468 g/mol. The first-order valence-electron chi connectivity index (χ1n) is 8.73. The van der Waals surface area contributed by atoms with Gasteiger partial charge in [-0.1, -0.05) is 0 Å². The summed E-state index contributed by atoms with van der Waals surface area (Å²) < 4.78 is 25.8. The van der Waals surface area contributed by atoms with Crippen LogP contribution in [-0.2, 0) is 9.84 Å². The van der Waals surface area contributed by atoms with Crippen LogP contribution in [0.2, 0.25) is 0 Å². The molecule has 0 atom stereocenters. The Kier molecular flexibility index (Phi) is 6.21. The van der Waals surface area contributed by atoms with Crippen molar-refractivity contribution in [3.05, 3.63) is 41.0 Å². The third kappa shape index (κ3) is 4.29. The van der Waals surface area contributed by atoms with Gasteiger partial charge in [-0.15, -0.1) is 0 Å². The van der Waals surface area contributed by atoms with Crippen LogP contribution >= 0.6 is 15.9 Å². The smallest absolute Gasteiger partial charge is 0.175 e. The van der Waals surface area contributed by atoms with E-state index >= 15 is 0 Å². The molecule has 0 spiro atoms. The highest BCUT2D eigenvalue weighted by molar-refractivity contribution is 9.10. The number of hydrogen-bond donors (Lipinski definition) is 2. The molecule has 1 aliphatic rings. The van der Waals surface area contributed by atoms with Gasteiger partial charge in [0.1, 0.15) is 11.6 Å². The molecule has 1 aromatic carbocycles. The molecule has 8 nitrogen and oxygen atoms in total. The maximum Gasteiger partial charge on any atom is 0.175 e. The molecular weight excluding hydrogens is 446 g/mol. The number of benzene rings is 1. The topological polar surface area (TPSA) is 99.8 Å². The van der Waals surface area contributed by atoms with Crippen molar-refractivity contribution in [3.8, 4) is 0 Å². The van der Waals surface area contributed by atoms with E-state index in [1.165, 1.54) is 19.1 Å². The monoisotopic (exact) mass is 467 g/mol. The Bertz CT molecular complexity index is 1060. The lowest BCUT2D eigenvalue weighted by Crippen LogP contribution is -2.19. The van der Waals surface area contributed by atoms with E-state index in [2.05, 4.69) is 31.2 Å². The molecule has 4 rings (SSSR count). The molecule has 0 saturated carbocycles. The van der Waals surface area contributed by atoms with Gasteiger partial charge in [-0.25, -0.2) is 13.4 Å². The number of anilines is 3.